The molecule has 0 saturated carbocycles. The molecule has 5 heteroatoms. The second kappa shape index (κ2) is 2.67. The molecule has 4 N–H and O–H groups in total. The molecule has 0 aromatic heterocycles. The van der Waals surface area contributed by atoms with Crippen molar-refractivity contribution in [1.82, 2.24) is 0 Å². The molecular formula is C3H5Cl3N2. The summed E-state index contributed by atoms with van der Waals surface area (Å²) >= 11 is 15.7. The third-order valence-corrected chi connectivity index (χ3v) is 1.16. The molecular weight excluding hydrogens is 170 g/mol. The molecule has 0 atom stereocenters. The standard InChI is InChI=1S/C3H5Cl3N2/c4-3(5,6)2(8)1-7/h1H,7-8H2/b2-1+. The van der Waals surface area contributed by atoms with Gasteiger partial charge in [0, 0.05) is 6.20 Å². The summed E-state index contributed by atoms with van der Waals surface area (Å²) < 4.78 is -1.56. The van der Waals surface area contributed by atoms with Gasteiger partial charge in [-0.3, -0.25) is 0 Å². The summed E-state index contributed by atoms with van der Waals surface area (Å²) in [6, 6.07) is 0. The van der Waals surface area contributed by atoms with Crippen molar-refractivity contribution >= 4 is 34.8 Å². The molecule has 0 fully saturated rings. The van der Waals surface area contributed by atoms with Crippen molar-refractivity contribution in [3.05, 3.63) is 11.9 Å². The molecule has 0 rings (SSSR count). The van der Waals surface area contributed by atoms with E-state index >= 15 is 0 Å². The average molecular weight is 175 g/mol. The molecule has 0 amide bonds. The Kier molecular flexibility index (Phi) is 2.74. The fraction of sp³-hybridized carbons (Fsp3) is 0.333. The molecule has 8 heavy (non-hydrogen) atoms. The molecule has 48 valence electrons. The van der Waals surface area contributed by atoms with Gasteiger partial charge in [0.15, 0.2) is 0 Å². The predicted molar refractivity (Wildman–Crippen MR) is 36.7 cm³/mol. The minimum absolute atomic E-state index is 0.0301. The van der Waals surface area contributed by atoms with Crippen molar-refractivity contribution in [2.75, 3.05) is 0 Å². The Morgan fingerprint density at radius 1 is 1.38 bits per heavy atom. The number of hydrogen-bond donors (Lipinski definition) is 2. The first kappa shape index (κ1) is 8.21. The number of halogens is 3. The summed E-state index contributed by atoms with van der Waals surface area (Å²) in [5.41, 5.74) is 10.0. The Morgan fingerprint density at radius 2 is 1.75 bits per heavy atom. The van der Waals surface area contributed by atoms with Crippen LogP contribution in [-0.2, 0) is 0 Å². The molecule has 2 nitrogen and oxygen atoms in total. The van der Waals surface area contributed by atoms with Crippen LogP contribution in [0.2, 0.25) is 0 Å². The maximum Gasteiger partial charge on any atom is 0.231 e. The van der Waals surface area contributed by atoms with E-state index in [9.17, 15) is 0 Å². The zero-order chi connectivity index (χ0) is 6.78. The third-order valence-electron chi connectivity index (χ3n) is 0.507. The largest absolute Gasteiger partial charge is 0.403 e. The van der Waals surface area contributed by atoms with E-state index in [1.807, 2.05) is 0 Å². The van der Waals surface area contributed by atoms with E-state index in [0.717, 1.165) is 6.20 Å². The van der Waals surface area contributed by atoms with Gasteiger partial charge in [-0.05, 0) is 0 Å². The van der Waals surface area contributed by atoms with Crippen LogP contribution in [0, 0.1) is 0 Å². The van der Waals surface area contributed by atoms with Gasteiger partial charge in [-0.1, -0.05) is 34.8 Å². The lowest BCUT2D eigenvalue weighted by Gasteiger charge is -2.08. The maximum atomic E-state index is 5.24. The quantitative estimate of drug-likeness (QED) is 0.542. The highest BCUT2D eigenvalue weighted by Gasteiger charge is 2.22. The van der Waals surface area contributed by atoms with Gasteiger partial charge in [-0.25, -0.2) is 0 Å². The smallest absolute Gasteiger partial charge is 0.231 e. The van der Waals surface area contributed by atoms with Crippen LogP contribution in [0.25, 0.3) is 0 Å². The van der Waals surface area contributed by atoms with Gasteiger partial charge in [0.25, 0.3) is 0 Å². The van der Waals surface area contributed by atoms with Gasteiger partial charge in [0.2, 0.25) is 3.79 Å². The van der Waals surface area contributed by atoms with Gasteiger partial charge in [-0.2, -0.15) is 0 Å². The van der Waals surface area contributed by atoms with Crippen LogP contribution >= 0.6 is 34.8 Å². The maximum absolute atomic E-state index is 5.24. The monoisotopic (exact) mass is 174 g/mol. The zero-order valence-electron chi connectivity index (χ0n) is 3.87. The second-order valence-electron chi connectivity index (χ2n) is 1.12. The minimum atomic E-state index is -1.56. The lowest BCUT2D eigenvalue weighted by atomic mass is 10.6. The zero-order valence-corrected chi connectivity index (χ0v) is 6.13. The Hall–Kier alpha value is 0.210. The molecule has 0 aliphatic heterocycles. The highest BCUT2D eigenvalue weighted by atomic mass is 35.6. The first-order chi connectivity index (χ1) is 3.48. The van der Waals surface area contributed by atoms with E-state index in [2.05, 4.69) is 0 Å². The van der Waals surface area contributed by atoms with Gasteiger partial charge >= 0.3 is 0 Å². The highest BCUT2D eigenvalue weighted by Crippen LogP contribution is 2.30. The van der Waals surface area contributed by atoms with E-state index in [1.54, 1.807) is 0 Å². The SMILES string of the molecule is N/C=C(/N)C(Cl)(Cl)Cl. The molecule has 0 bridgehead atoms. The Bertz CT molecular complexity index is 104. The van der Waals surface area contributed by atoms with Crippen molar-refractivity contribution in [3.8, 4) is 0 Å². The number of hydrogen-bond acceptors (Lipinski definition) is 2. The van der Waals surface area contributed by atoms with E-state index in [1.165, 1.54) is 0 Å². The van der Waals surface area contributed by atoms with Gasteiger partial charge in [0.1, 0.15) is 0 Å². The Balaban J connectivity index is 4.03. The van der Waals surface area contributed by atoms with Crippen molar-refractivity contribution in [3.63, 3.8) is 0 Å². The Morgan fingerprint density at radius 3 is 1.75 bits per heavy atom. The highest BCUT2D eigenvalue weighted by molar-refractivity contribution is 6.69. The predicted octanol–water partition coefficient (Wildman–Crippen LogP) is 1.12. The number of nitrogens with two attached hydrogens (primary N) is 2. The van der Waals surface area contributed by atoms with Crippen LogP contribution in [0.1, 0.15) is 0 Å². The second-order valence-corrected chi connectivity index (χ2v) is 3.40. The van der Waals surface area contributed by atoms with Crippen LogP contribution in [0.15, 0.2) is 11.9 Å². The van der Waals surface area contributed by atoms with Crippen LogP contribution in [0.4, 0.5) is 0 Å². The molecule has 0 heterocycles. The number of alkyl halides is 3. The fourth-order valence-electron chi connectivity index (χ4n) is 0.0945. The van der Waals surface area contributed by atoms with Crippen LogP contribution in [0.3, 0.4) is 0 Å². The summed E-state index contributed by atoms with van der Waals surface area (Å²) in [5, 5.41) is 0. The molecule has 0 saturated heterocycles. The molecule has 0 spiro atoms. The molecule has 0 aliphatic rings. The van der Waals surface area contributed by atoms with Crippen molar-refractivity contribution < 1.29 is 0 Å². The normalized spacial score (nSPS) is 14.1. The summed E-state index contributed by atoms with van der Waals surface area (Å²) in [6.07, 6.45) is 1.05. The van der Waals surface area contributed by atoms with Crippen LogP contribution in [0.5, 0.6) is 0 Å². The summed E-state index contributed by atoms with van der Waals surface area (Å²) in [5.74, 6) is 0. The lowest BCUT2D eigenvalue weighted by molar-refractivity contribution is 1.17. The Labute approximate surface area is 62.4 Å². The van der Waals surface area contributed by atoms with Crippen molar-refractivity contribution in [2.45, 2.75) is 3.79 Å². The number of rotatable bonds is 0. The molecule has 0 aromatic rings. The first-order valence-electron chi connectivity index (χ1n) is 1.73. The lowest BCUT2D eigenvalue weighted by Crippen LogP contribution is -2.16. The minimum Gasteiger partial charge on any atom is -0.403 e. The average Bonchev–Trinajstić information content (AvgIpc) is 1.62. The number of allylic oxidation sites excluding steroid dienone is 1. The van der Waals surface area contributed by atoms with Gasteiger partial charge < -0.3 is 11.5 Å². The van der Waals surface area contributed by atoms with Gasteiger partial charge in [0.05, 0.1) is 5.70 Å². The molecule has 0 radical (unpaired) electrons. The summed E-state index contributed by atoms with van der Waals surface area (Å²) in [6.45, 7) is 0. The third kappa shape index (κ3) is 2.50. The summed E-state index contributed by atoms with van der Waals surface area (Å²) in [7, 11) is 0. The van der Waals surface area contributed by atoms with E-state index < -0.39 is 3.79 Å². The first-order valence-corrected chi connectivity index (χ1v) is 2.86. The van der Waals surface area contributed by atoms with E-state index in [0.29, 0.717) is 0 Å². The summed E-state index contributed by atoms with van der Waals surface area (Å²) in [4.78, 5) is 0. The topological polar surface area (TPSA) is 52.0 Å². The molecule has 0 aliphatic carbocycles. The van der Waals surface area contributed by atoms with Crippen LogP contribution < -0.4 is 11.5 Å². The van der Waals surface area contributed by atoms with Crippen molar-refractivity contribution in [1.29, 1.82) is 0 Å². The van der Waals surface area contributed by atoms with E-state index in [-0.39, 0.29) is 5.70 Å². The van der Waals surface area contributed by atoms with Crippen LogP contribution in [-0.4, -0.2) is 3.79 Å². The van der Waals surface area contributed by atoms with E-state index in [4.69, 9.17) is 46.3 Å². The fourth-order valence-corrected chi connectivity index (χ4v) is 0.283. The molecule has 0 aromatic carbocycles. The van der Waals surface area contributed by atoms with Gasteiger partial charge in [-0.15, -0.1) is 0 Å². The molecule has 0 unspecified atom stereocenters. The van der Waals surface area contributed by atoms with Crippen molar-refractivity contribution in [2.24, 2.45) is 11.5 Å².